The Kier molecular flexibility index (Phi) is 7.99. The SMILES string of the molecule is CNCC1CCN(C(=O)c2cncc(C)c2)C1.Cl.Cl. The summed E-state index contributed by atoms with van der Waals surface area (Å²) in [5, 5.41) is 3.17. The highest BCUT2D eigenvalue weighted by atomic mass is 35.5. The molecule has 4 nitrogen and oxygen atoms in total. The fourth-order valence-corrected chi connectivity index (χ4v) is 2.33. The van der Waals surface area contributed by atoms with E-state index in [-0.39, 0.29) is 30.7 Å². The van der Waals surface area contributed by atoms with Crippen molar-refractivity contribution in [2.45, 2.75) is 13.3 Å². The van der Waals surface area contributed by atoms with Gasteiger partial charge in [-0.05, 0) is 44.5 Å². The van der Waals surface area contributed by atoms with E-state index in [9.17, 15) is 4.79 Å². The van der Waals surface area contributed by atoms with Crippen LogP contribution in [0.3, 0.4) is 0 Å². The Balaban J connectivity index is 0.00000162. The first-order valence-corrected chi connectivity index (χ1v) is 6.06. The van der Waals surface area contributed by atoms with Crippen molar-refractivity contribution < 1.29 is 4.79 Å². The highest BCUT2D eigenvalue weighted by Gasteiger charge is 2.26. The lowest BCUT2D eigenvalue weighted by atomic mass is 10.1. The van der Waals surface area contributed by atoms with Crippen LogP contribution in [0.4, 0.5) is 0 Å². The maximum atomic E-state index is 12.2. The van der Waals surface area contributed by atoms with E-state index in [1.54, 1.807) is 12.4 Å². The third-order valence-electron chi connectivity index (χ3n) is 3.19. The molecule has 1 aliphatic rings. The molecule has 0 spiro atoms. The zero-order valence-electron chi connectivity index (χ0n) is 11.3. The molecule has 0 radical (unpaired) electrons. The first-order valence-electron chi connectivity index (χ1n) is 6.06. The molecule has 1 saturated heterocycles. The van der Waals surface area contributed by atoms with Crippen LogP contribution < -0.4 is 5.32 Å². The standard InChI is InChI=1S/C13H19N3O.2ClH/c1-10-5-12(8-15-6-10)13(17)16-4-3-11(9-16)7-14-2;;/h5-6,8,11,14H,3-4,7,9H2,1-2H3;2*1H. The van der Waals surface area contributed by atoms with Gasteiger partial charge in [-0.2, -0.15) is 0 Å². The van der Waals surface area contributed by atoms with E-state index < -0.39 is 0 Å². The fourth-order valence-electron chi connectivity index (χ4n) is 2.33. The van der Waals surface area contributed by atoms with Crippen LogP contribution in [0.25, 0.3) is 0 Å². The lowest BCUT2D eigenvalue weighted by Gasteiger charge is -2.16. The number of hydrogen-bond donors (Lipinski definition) is 1. The fraction of sp³-hybridized carbons (Fsp3) is 0.538. The molecule has 0 saturated carbocycles. The number of rotatable bonds is 3. The van der Waals surface area contributed by atoms with Gasteiger partial charge in [0.1, 0.15) is 0 Å². The molecule has 19 heavy (non-hydrogen) atoms. The predicted octanol–water partition coefficient (Wildman–Crippen LogP) is 1.92. The van der Waals surface area contributed by atoms with Gasteiger partial charge in [-0.25, -0.2) is 0 Å². The third kappa shape index (κ3) is 4.64. The van der Waals surface area contributed by atoms with Crippen molar-refractivity contribution in [1.29, 1.82) is 0 Å². The Morgan fingerprint density at radius 2 is 2.21 bits per heavy atom. The predicted molar refractivity (Wildman–Crippen MR) is 81.4 cm³/mol. The highest BCUT2D eigenvalue weighted by Crippen LogP contribution is 2.18. The lowest BCUT2D eigenvalue weighted by molar-refractivity contribution is 0.0786. The molecular formula is C13H21Cl2N3O. The second kappa shape index (κ2) is 8.35. The maximum absolute atomic E-state index is 12.2. The molecule has 1 fully saturated rings. The number of pyridine rings is 1. The van der Waals surface area contributed by atoms with Crippen molar-refractivity contribution in [3.05, 3.63) is 29.6 Å². The Morgan fingerprint density at radius 3 is 2.84 bits per heavy atom. The second-order valence-electron chi connectivity index (χ2n) is 4.71. The van der Waals surface area contributed by atoms with E-state index in [2.05, 4.69) is 10.3 Å². The largest absolute Gasteiger partial charge is 0.338 e. The topological polar surface area (TPSA) is 45.2 Å². The molecule has 1 unspecified atom stereocenters. The van der Waals surface area contributed by atoms with Crippen LogP contribution in [-0.4, -0.2) is 42.5 Å². The summed E-state index contributed by atoms with van der Waals surface area (Å²) in [5.41, 5.74) is 1.73. The highest BCUT2D eigenvalue weighted by molar-refractivity contribution is 5.94. The number of amides is 1. The Morgan fingerprint density at radius 1 is 1.47 bits per heavy atom. The van der Waals surface area contributed by atoms with Crippen LogP contribution in [0.2, 0.25) is 0 Å². The van der Waals surface area contributed by atoms with Gasteiger partial charge in [0.2, 0.25) is 0 Å². The van der Waals surface area contributed by atoms with Crippen LogP contribution in [0.5, 0.6) is 0 Å². The van der Waals surface area contributed by atoms with Gasteiger partial charge >= 0.3 is 0 Å². The zero-order chi connectivity index (χ0) is 12.3. The summed E-state index contributed by atoms with van der Waals surface area (Å²) in [6, 6.07) is 1.90. The molecule has 1 aromatic rings. The molecule has 0 aliphatic carbocycles. The molecule has 1 aromatic heterocycles. The Bertz CT molecular complexity index is 415. The molecule has 1 aliphatic heterocycles. The third-order valence-corrected chi connectivity index (χ3v) is 3.19. The number of nitrogens with one attached hydrogen (secondary N) is 1. The van der Waals surface area contributed by atoms with Crippen LogP contribution in [0, 0.1) is 12.8 Å². The zero-order valence-corrected chi connectivity index (χ0v) is 12.9. The number of aromatic nitrogens is 1. The molecule has 2 heterocycles. The average Bonchev–Trinajstić information content (AvgIpc) is 2.77. The quantitative estimate of drug-likeness (QED) is 0.928. The molecule has 2 rings (SSSR count). The summed E-state index contributed by atoms with van der Waals surface area (Å²) in [6.07, 6.45) is 4.51. The van der Waals surface area contributed by atoms with E-state index in [4.69, 9.17) is 0 Å². The number of aryl methyl sites for hydroxylation is 1. The maximum Gasteiger partial charge on any atom is 0.255 e. The average molecular weight is 306 g/mol. The van der Waals surface area contributed by atoms with Gasteiger partial charge in [0.05, 0.1) is 5.56 Å². The van der Waals surface area contributed by atoms with Crippen LogP contribution in [-0.2, 0) is 0 Å². The molecule has 1 N–H and O–H groups in total. The van der Waals surface area contributed by atoms with Crippen molar-refractivity contribution in [3.8, 4) is 0 Å². The normalized spacial score (nSPS) is 17.6. The van der Waals surface area contributed by atoms with E-state index in [1.165, 1.54) is 0 Å². The first-order chi connectivity index (χ1) is 8.20. The van der Waals surface area contributed by atoms with E-state index in [0.717, 1.165) is 31.6 Å². The number of hydrogen-bond acceptors (Lipinski definition) is 3. The van der Waals surface area contributed by atoms with Gasteiger partial charge in [0.15, 0.2) is 0 Å². The molecule has 0 aromatic carbocycles. The number of carbonyl (C=O) groups is 1. The number of likely N-dealkylation sites (tertiary alicyclic amines) is 1. The van der Waals surface area contributed by atoms with Gasteiger partial charge in [-0.3, -0.25) is 9.78 Å². The van der Waals surface area contributed by atoms with Gasteiger partial charge < -0.3 is 10.2 Å². The van der Waals surface area contributed by atoms with Crippen LogP contribution in [0.1, 0.15) is 22.3 Å². The summed E-state index contributed by atoms with van der Waals surface area (Å²) in [6.45, 7) is 4.65. The minimum Gasteiger partial charge on any atom is -0.338 e. The molecule has 0 bridgehead atoms. The summed E-state index contributed by atoms with van der Waals surface area (Å²) >= 11 is 0. The van der Waals surface area contributed by atoms with E-state index >= 15 is 0 Å². The van der Waals surface area contributed by atoms with Crippen LogP contribution >= 0.6 is 24.8 Å². The molecular weight excluding hydrogens is 285 g/mol. The van der Waals surface area contributed by atoms with Gasteiger partial charge in [-0.15, -0.1) is 24.8 Å². The number of nitrogens with zero attached hydrogens (tertiary/aromatic N) is 2. The van der Waals surface area contributed by atoms with Crippen molar-refractivity contribution in [2.24, 2.45) is 5.92 Å². The summed E-state index contributed by atoms with van der Waals surface area (Å²) in [5.74, 6) is 0.696. The van der Waals surface area contributed by atoms with Crippen molar-refractivity contribution in [2.75, 3.05) is 26.7 Å². The van der Waals surface area contributed by atoms with Crippen LogP contribution in [0.15, 0.2) is 18.5 Å². The van der Waals surface area contributed by atoms with E-state index in [1.807, 2.05) is 24.9 Å². The molecule has 1 atom stereocenters. The second-order valence-corrected chi connectivity index (χ2v) is 4.71. The van der Waals surface area contributed by atoms with Crippen molar-refractivity contribution >= 4 is 30.7 Å². The Hall–Kier alpha value is -0.840. The van der Waals surface area contributed by atoms with E-state index in [0.29, 0.717) is 11.5 Å². The minimum absolute atomic E-state index is 0. The summed E-state index contributed by atoms with van der Waals surface area (Å²) in [4.78, 5) is 18.2. The van der Waals surface area contributed by atoms with Gasteiger partial charge in [0.25, 0.3) is 5.91 Å². The van der Waals surface area contributed by atoms with Crippen molar-refractivity contribution in [1.82, 2.24) is 15.2 Å². The molecule has 1 amide bonds. The van der Waals surface area contributed by atoms with Gasteiger partial charge in [0, 0.05) is 25.5 Å². The van der Waals surface area contributed by atoms with Gasteiger partial charge in [-0.1, -0.05) is 0 Å². The lowest BCUT2D eigenvalue weighted by Crippen LogP contribution is -2.30. The Labute approximate surface area is 126 Å². The monoisotopic (exact) mass is 305 g/mol. The molecule has 108 valence electrons. The summed E-state index contributed by atoms with van der Waals surface area (Å²) < 4.78 is 0. The number of carbonyl (C=O) groups excluding carboxylic acids is 1. The molecule has 6 heteroatoms. The first kappa shape index (κ1) is 18.2. The summed E-state index contributed by atoms with van der Waals surface area (Å²) in [7, 11) is 1.95. The smallest absolute Gasteiger partial charge is 0.255 e. The minimum atomic E-state index is 0. The number of halogens is 2. The van der Waals surface area contributed by atoms with Crippen molar-refractivity contribution in [3.63, 3.8) is 0 Å².